The van der Waals surface area contributed by atoms with E-state index < -0.39 is 11.6 Å². The van der Waals surface area contributed by atoms with Gasteiger partial charge in [0.1, 0.15) is 6.54 Å². The molecule has 0 atom stereocenters. The molecule has 1 saturated carbocycles. The van der Waals surface area contributed by atoms with Crippen molar-refractivity contribution in [1.82, 2.24) is 14.8 Å². The third kappa shape index (κ3) is 3.42. The number of carbonyl (C=O) groups excluding carboxylic acids is 1. The van der Waals surface area contributed by atoms with Crippen molar-refractivity contribution in [3.05, 3.63) is 53.2 Å². The Morgan fingerprint density at radius 1 is 1.21 bits per heavy atom. The summed E-state index contributed by atoms with van der Waals surface area (Å²) in [5, 5.41) is 10.9. The standard InChI is InChI=1S/C20H20F2N4O2/c1-11-8-15(20-25-24-19(28-20)13-4-3-5-13)12(2)26(11)10-18(27)23-14-6-7-16(21)17(22)9-14/h6-9,13H,3-5,10H2,1-2H3,(H,23,27). The number of benzene rings is 1. The van der Waals surface area contributed by atoms with Gasteiger partial charge in [-0.2, -0.15) is 0 Å². The number of rotatable bonds is 5. The molecule has 1 N–H and O–H groups in total. The van der Waals surface area contributed by atoms with E-state index in [0.29, 0.717) is 17.7 Å². The second kappa shape index (κ2) is 7.18. The lowest BCUT2D eigenvalue weighted by Gasteiger charge is -2.20. The van der Waals surface area contributed by atoms with Crippen molar-refractivity contribution in [3.63, 3.8) is 0 Å². The van der Waals surface area contributed by atoms with E-state index in [-0.39, 0.29) is 18.1 Å². The third-order valence-electron chi connectivity index (χ3n) is 5.20. The molecular weight excluding hydrogens is 366 g/mol. The maximum atomic E-state index is 13.3. The number of aryl methyl sites for hydroxylation is 1. The SMILES string of the molecule is Cc1cc(-c2nnc(C3CCC3)o2)c(C)n1CC(=O)Nc1ccc(F)c(F)c1. The van der Waals surface area contributed by atoms with Crippen molar-refractivity contribution in [2.24, 2.45) is 0 Å². The Bertz CT molecular complexity index is 1040. The molecule has 146 valence electrons. The Balaban J connectivity index is 1.51. The minimum absolute atomic E-state index is 0.0281. The van der Waals surface area contributed by atoms with Crippen LogP contribution in [0.3, 0.4) is 0 Å². The molecule has 0 bridgehead atoms. The van der Waals surface area contributed by atoms with Crippen molar-refractivity contribution >= 4 is 11.6 Å². The van der Waals surface area contributed by atoms with Crippen LogP contribution in [-0.2, 0) is 11.3 Å². The Kier molecular flexibility index (Phi) is 4.70. The van der Waals surface area contributed by atoms with Gasteiger partial charge in [0.25, 0.3) is 0 Å². The maximum absolute atomic E-state index is 13.3. The first-order valence-electron chi connectivity index (χ1n) is 9.18. The number of halogens is 2. The van der Waals surface area contributed by atoms with Gasteiger partial charge in [-0.15, -0.1) is 10.2 Å². The average Bonchev–Trinajstić information content (AvgIpc) is 3.17. The van der Waals surface area contributed by atoms with Gasteiger partial charge >= 0.3 is 0 Å². The summed E-state index contributed by atoms with van der Waals surface area (Å²) in [6, 6.07) is 5.15. The quantitative estimate of drug-likeness (QED) is 0.708. The summed E-state index contributed by atoms with van der Waals surface area (Å²) in [5.74, 6) is -0.844. The van der Waals surface area contributed by atoms with Gasteiger partial charge in [-0.3, -0.25) is 4.79 Å². The van der Waals surface area contributed by atoms with E-state index in [4.69, 9.17) is 4.42 Å². The van der Waals surface area contributed by atoms with Crippen LogP contribution in [0, 0.1) is 25.5 Å². The normalized spacial score (nSPS) is 14.1. The number of nitrogens with one attached hydrogen (secondary N) is 1. The molecule has 4 rings (SSSR count). The van der Waals surface area contributed by atoms with Crippen molar-refractivity contribution in [2.75, 3.05) is 5.32 Å². The third-order valence-corrected chi connectivity index (χ3v) is 5.20. The van der Waals surface area contributed by atoms with Crippen LogP contribution in [0.25, 0.3) is 11.5 Å². The number of hydrogen-bond donors (Lipinski definition) is 1. The lowest BCUT2D eigenvalue weighted by atomic mass is 9.85. The highest BCUT2D eigenvalue weighted by Gasteiger charge is 2.26. The zero-order chi connectivity index (χ0) is 19.8. The van der Waals surface area contributed by atoms with Crippen LogP contribution in [0.1, 0.15) is 42.5 Å². The van der Waals surface area contributed by atoms with Gasteiger partial charge in [0, 0.05) is 29.1 Å². The Morgan fingerprint density at radius 3 is 2.68 bits per heavy atom. The van der Waals surface area contributed by atoms with Crippen molar-refractivity contribution < 1.29 is 18.0 Å². The molecule has 6 nitrogen and oxygen atoms in total. The first kappa shape index (κ1) is 18.3. The van der Waals surface area contributed by atoms with Gasteiger partial charge < -0.3 is 14.3 Å². The number of anilines is 1. The van der Waals surface area contributed by atoms with Gasteiger partial charge in [0.15, 0.2) is 11.6 Å². The number of aromatic nitrogens is 3. The van der Waals surface area contributed by atoms with Gasteiger partial charge in [0.05, 0.1) is 5.56 Å². The Morgan fingerprint density at radius 2 is 2.00 bits per heavy atom. The molecule has 0 spiro atoms. The summed E-state index contributed by atoms with van der Waals surface area (Å²) in [5.41, 5.74) is 2.67. The van der Waals surface area contributed by atoms with Gasteiger partial charge in [-0.05, 0) is 44.9 Å². The fraction of sp³-hybridized carbons (Fsp3) is 0.350. The predicted octanol–water partition coefficient (Wildman–Crippen LogP) is 4.34. The van der Waals surface area contributed by atoms with Crippen molar-refractivity contribution in [1.29, 1.82) is 0 Å². The molecule has 8 heteroatoms. The maximum Gasteiger partial charge on any atom is 0.249 e. The molecule has 1 aliphatic carbocycles. The highest BCUT2D eigenvalue weighted by atomic mass is 19.2. The lowest BCUT2D eigenvalue weighted by Crippen LogP contribution is -2.20. The molecule has 28 heavy (non-hydrogen) atoms. The molecule has 0 radical (unpaired) electrons. The number of nitrogens with zero attached hydrogens (tertiary/aromatic N) is 3. The molecule has 1 aromatic carbocycles. The summed E-state index contributed by atoms with van der Waals surface area (Å²) >= 11 is 0. The zero-order valence-corrected chi connectivity index (χ0v) is 15.6. The summed E-state index contributed by atoms with van der Waals surface area (Å²) in [6.45, 7) is 3.78. The smallest absolute Gasteiger partial charge is 0.249 e. The monoisotopic (exact) mass is 386 g/mol. The summed E-state index contributed by atoms with van der Waals surface area (Å²) in [4.78, 5) is 12.4. The van der Waals surface area contributed by atoms with Gasteiger partial charge in [0.2, 0.25) is 17.7 Å². The summed E-state index contributed by atoms with van der Waals surface area (Å²) in [7, 11) is 0. The van der Waals surface area contributed by atoms with Crippen LogP contribution >= 0.6 is 0 Å². The summed E-state index contributed by atoms with van der Waals surface area (Å²) in [6.07, 6.45) is 3.33. The minimum Gasteiger partial charge on any atom is -0.420 e. The second-order valence-corrected chi connectivity index (χ2v) is 7.12. The molecule has 3 aromatic rings. The van der Waals surface area contributed by atoms with E-state index in [2.05, 4.69) is 15.5 Å². The second-order valence-electron chi connectivity index (χ2n) is 7.12. The van der Waals surface area contributed by atoms with E-state index in [1.165, 1.54) is 12.5 Å². The lowest BCUT2D eigenvalue weighted by molar-refractivity contribution is -0.116. The molecule has 0 saturated heterocycles. The topological polar surface area (TPSA) is 73.0 Å². The molecule has 1 fully saturated rings. The molecule has 0 aliphatic heterocycles. The number of hydrogen-bond acceptors (Lipinski definition) is 4. The van der Waals surface area contributed by atoms with E-state index in [0.717, 1.165) is 41.9 Å². The van der Waals surface area contributed by atoms with Crippen LogP contribution in [0.4, 0.5) is 14.5 Å². The Hall–Kier alpha value is -3.03. The minimum atomic E-state index is -1.01. The highest BCUT2D eigenvalue weighted by molar-refractivity contribution is 5.90. The molecule has 2 aromatic heterocycles. The fourth-order valence-electron chi connectivity index (χ4n) is 3.34. The van der Waals surface area contributed by atoms with Crippen LogP contribution in [0.5, 0.6) is 0 Å². The molecule has 0 unspecified atom stereocenters. The average molecular weight is 386 g/mol. The predicted molar refractivity (Wildman–Crippen MR) is 98.8 cm³/mol. The van der Waals surface area contributed by atoms with E-state index >= 15 is 0 Å². The van der Waals surface area contributed by atoms with E-state index in [1.54, 1.807) is 0 Å². The fourth-order valence-corrected chi connectivity index (χ4v) is 3.34. The highest BCUT2D eigenvalue weighted by Crippen LogP contribution is 2.37. The van der Waals surface area contributed by atoms with Gasteiger partial charge in [-0.25, -0.2) is 8.78 Å². The van der Waals surface area contributed by atoms with Gasteiger partial charge in [-0.1, -0.05) is 6.42 Å². The summed E-state index contributed by atoms with van der Waals surface area (Å²) < 4.78 is 34.0. The van der Waals surface area contributed by atoms with Crippen LogP contribution in [0.2, 0.25) is 0 Å². The van der Waals surface area contributed by atoms with Crippen molar-refractivity contribution in [2.45, 2.75) is 45.6 Å². The Labute approximate surface area is 160 Å². The van der Waals surface area contributed by atoms with Crippen LogP contribution < -0.4 is 5.32 Å². The molecular formula is C20H20F2N4O2. The van der Waals surface area contributed by atoms with E-state index in [9.17, 15) is 13.6 Å². The number of amides is 1. The molecule has 2 heterocycles. The van der Waals surface area contributed by atoms with Crippen molar-refractivity contribution in [3.8, 4) is 11.5 Å². The molecule has 1 amide bonds. The van der Waals surface area contributed by atoms with Crippen LogP contribution in [0.15, 0.2) is 28.7 Å². The first-order valence-corrected chi connectivity index (χ1v) is 9.18. The first-order chi connectivity index (χ1) is 13.4. The van der Waals surface area contributed by atoms with Crippen LogP contribution in [-0.4, -0.2) is 20.7 Å². The number of carbonyl (C=O) groups is 1. The van der Waals surface area contributed by atoms with E-state index in [1.807, 2.05) is 24.5 Å². The largest absolute Gasteiger partial charge is 0.420 e. The molecule has 1 aliphatic rings. The zero-order valence-electron chi connectivity index (χ0n) is 15.6.